The lowest BCUT2D eigenvalue weighted by atomic mass is 9.82. The Balaban J connectivity index is 2.08. The number of halogens is 1. The second-order valence-electron chi connectivity index (χ2n) is 4.21. The van der Waals surface area contributed by atoms with Gasteiger partial charge in [0, 0.05) is 0 Å². The molecule has 0 unspecified atom stereocenters. The fourth-order valence-electron chi connectivity index (χ4n) is 1.97. The van der Waals surface area contributed by atoms with Gasteiger partial charge >= 0.3 is 5.97 Å². The van der Waals surface area contributed by atoms with E-state index in [9.17, 15) is 9.59 Å². The third-order valence-electron chi connectivity index (χ3n) is 2.96. The zero-order valence-corrected chi connectivity index (χ0v) is 11.5. The van der Waals surface area contributed by atoms with Gasteiger partial charge in [0.2, 0.25) is 5.91 Å². The normalized spacial score (nSPS) is 21.9. The molecule has 0 bridgehead atoms. The predicted octanol–water partition coefficient (Wildman–Crippen LogP) is 1.84. The van der Waals surface area contributed by atoms with Crippen LogP contribution in [0.5, 0.6) is 0 Å². The van der Waals surface area contributed by atoms with Crippen LogP contribution in [0.1, 0.15) is 12.8 Å². The molecule has 2 N–H and O–H groups in total. The summed E-state index contributed by atoms with van der Waals surface area (Å²) in [6, 6.07) is 0. The van der Waals surface area contributed by atoms with E-state index in [0.29, 0.717) is 23.3 Å². The fraction of sp³-hybridized carbons (Fsp3) is 0.333. The summed E-state index contributed by atoms with van der Waals surface area (Å²) in [6.07, 6.45) is 7.30. The highest BCUT2D eigenvalue weighted by atomic mass is 79.9. The van der Waals surface area contributed by atoms with Gasteiger partial charge in [0.25, 0.3) is 0 Å². The molecule has 100 valence electrons. The number of rotatable bonds is 3. The Kier molecular flexibility index (Phi) is 4.26. The van der Waals surface area contributed by atoms with Crippen molar-refractivity contribution >= 4 is 33.6 Å². The molecule has 0 aromatic carbocycles. The number of allylic oxidation sites excluding steroid dienone is 2. The second-order valence-corrected chi connectivity index (χ2v) is 5.02. The number of hydrogen-bond acceptors (Lipinski definition) is 4. The van der Waals surface area contributed by atoms with Gasteiger partial charge in [-0.05, 0) is 28.8 Å². The smallest absolute Gasteiger partial charge is 0.307 e. The molecule has 19 heavy (non-hydrogen) atoms. The highest BCUT2D eigenvalue weighted by molar-refractivity contribution is 9.10. The van der Waals surface area contributed by atoms with Gasteiger partial charge in [-0.3, -0.25) is 9.59 Å². The molecule has 1 amide bonds. The monoisotopic (exact) mass is 325 g/mol. The van der Waals surface area contributed by atoms with Crippen molar-refractivity contribution in [2.45, 2.75) is 12.8 Å². The number of carbonyl (C=O) groups is 2. The summed E-state index contributed by atoms with van der Waals surface area (Å²) in [5.41, 5.74) is 0. The molecule has 0 saturated heterocycles. The third-order valence-corrected chi connectivity index (χ3v) is 3.37. The quantitative estimate of drug-likeness (QED) is 0.827. The van der Waals surface area contributed by atoms with Gasteiger partial charge in [-0.1, -0.05) is 12.2 Å². The number of aromatic nitrogens is 2. The number of carboxylic acid groups (broad SMARTS) is 1. The third kappa shape index (κ3) is 3.37. The summed E-state index contributed by atoms with van der Waals surface area (Å²) in [4.78, 5) is 31.1. The average Bonchev–Trinajstić information content (AvgIpc) is 2.41. The van der Waals surface area contributed by atoms with E-state index < -0.39 is 17.8 Å². The molecule has 0 aliphatic heterocycles. The average molecular weight is 326 g/mol. The minimum absolute atomic E-state index is 0.312. The number of nitrogens with one attached hydrogen (secondary N) is 1. The van der Waals surface area contributed by atoms with Crippen molar-refractivity contribution in [3.63, 3.8) is 0 Å². The Morgan fingerprint density at radius 2 is 1.89 bits per heavy atom. The standard InChI is InChI=1S/C12H12BrN3O3/c13-9-5-15-10(6-14-9)16-11(17)7-3-1-2-4-8(7)12(18)19/h1-2,5-8H,3-4H2,(H,18,19)(H,15,16,17)/t7-,8+/m1/s1. The Bertz CT molecular complexity index is 515. The number of hydrogen-bond donors (Lipinski definition) is 2. The molecule has 1 heterocycles. The molecular weight excluding hydrogens is 314 g/mol. The van der Waals surface area contributed by atoms with E-state index in [-0.39, 0.29) is 5.91 Å². The topological polar surface area (TPSA) is 92.2 Å². The number of aliphatic carboxylic acids is 1. The molecule has 0 radical (unpaired) electrons. The fourth-order valence-corrected chi connectivity index (χ4v) is 2.18. The summed E-state index contributed by atoms with van der Waals surface area (Å²) >= 11 is 3.14. The first kappa shape index (κ1) is 13.7. The van der Waals surface area contributed by atoms with E-state index >= 15 is 0 Å². The van der Waals surface area contributed by atoms with Crippen molar-refractivity contribution in [2.75, 3.05) is 5.32 Å². The predicted molar refractivity (Wildman–Crippen MR) is 71.4 cm³/mol. The van der Waals surface area contributed by atoms with Crippen molar-refractivity contribution < 1.29 is 14.7 Å². The summed E-state index contributed by atoms with van der Waals surface area (Å²) in [7, 11) is 0. The molecule has 1 aliphatic carbocycles. The van der Waals surface area contributed by atoms with Crippen LogP contribution in [0, 0.1) is 11.8 Å². The number of amides is 1. The molecule has 1 aliphatic rings. The van der Waals surface area contributed by atoms with Crippen LogP contribution < -0.4 is 5.32 Å². The molecule has 0 fully saturated rings. The maximum Gasteiger partial charge on any atom is 0.307 e. The summed E-state index contributed by atoms with van der Waals surface area (Å²) in [5.74, 6) is -2.24. The van der Waals surface area contributed by atoms with Crippen LogP contribution in [-0.4, -0.2) is 27.0 Å². The van der Waals surface area contributed by atoms with Crippen LogP contribution in [0.4, 0.5) is 5.82 Å². The first-order valence-electron chi connectivity index (χ1n) is 5.74. The lowest BCUT2D eigenvalue weighted by molar-refractivity contribution is -0.146. The highest BCUT2D eigenvalue weighted by Crippen LogP contribution is 2.26. The summed E-state index contributed by atoms with van der Waals surface area (Å²) in [5, 5.41) is 11.7. The van der Waals surface area contributed by atoms with Crippen LogP contribution in [-0.2, 0) is 9.59 Å². The van der Waals surface area contributed by atoms with E-state index in [1.807, 2.05) is 6.08 Å². The molecule has 2 rings (SSSR count). The van der Waals surface area contributed by atoms with Crippen molar-refractivity contribution in [2.24, 2.45) is 11.8 Å². The van der Waals surface area contributed by atoms with Gasteiger partial charge in [-0.25, -0.2) is 9.97 Å². The largest absolute Gasteiger partial charge is 0.481 e. The van der Waals surface area contributed by atoms with Crippen molar-refractivity contribution in [1.82, 2.24) is 9.97 Å². The first-order valence-corrected chi connectivity index (χ1v) is 6.53. The molecule has 1 aromatic rings. The molecule has 0 spiro atoms. The molecule has 2 atom stereocenters. The lowest BCUT2D eigenvalue weighted by Crippen LogP contribution is -2.34. The van der Waals surface area contributed by atoms with Gasteiger partial charge in [0.05, 0.1) is 24.2 Å². The van der Waals surface area contributed by atoms with E-state index in [0.717, 1.165) is 0 Å². The zero-order chi connectivity index (χ0) is 13.8. The Morgan fingerprint density at radius 1 is 1.21 bits per heavy atom. The molecule has 7 heteroatoms. The molecular formula is C12H12BrN3O3. The van der Waals surface area contributed by atoms with E-state index in [1.165, 1.54) is 12.4 Å². The minimum Gasteiger partial charge on any atom is -0.481 e. The van der Waals surface area contributed by atoms with Crippen LogP contribution in [0.2, 0.25) is 0 Å². The SMILES string of the molecule is O=C(O)[C@H]1CC=CC[C@H]1C(=O)Nc1cnc(Br)cn1. The van der Waals surface area contributed by atoms with Crippen LogP contribution in [0.25, 0.3) is 0 Å². The second kappa shape index (κ2) is 5.92. The van der Waals surface area contributed by atoms with Gasteiger partial charge < -0.3 is 10.4 Å². The van der Waals surface area contributed by atoms with Gasteiger partial charge in [0.15, 0.2) is 5.82 Å². The summed E-state index contributed by atoms with van der Waals surface area (Å²) < 4.78 is 0.564. The van der Waals surface area contributed by atoms with E-state index in [2.05, 4.69) is 31.2 Å². The molecule has 0 saturated carbocycles. The van der Waals surface area contributed by atoms with Gasteiger partial charge in [-0.2, -0.15) is 0 Å². The van der Waals surface area contributed by atoms with Crippen LogP contribution in [0.3, 0.4) is 0 Å². The van der Waals surface area contributed by atoms with Gasteiger partial charge in [-0.15, -0.1) is 0 Å². The van der Waals surface area contributed by atoms with E-state index in [4.69, 9.17) is 5.11 Å². The van der Waals surface area contributed by atoms with Crippen molar-refractivity contribution in [3.8, 4) is 0 Å². The molecule has 6 nitrogen and oxygen atoms in total. The van der Waals surface area contributed by atoms with Crippen LogP contribution in [0.15, 0.2) is 29.1 Å². The van der Waals surface area contributed by atoms with Crippen LogP contribution >= 0.6 is 15.9 Å². The maximum absolute atomic E-state index is 12.1. The molecule has 1 aromatic heterocycles. The number of carbonyl (C=O) groups excluding carboxylic acids is 1. The van der Waals surface area contributed by atoms with Crippen molar-refractivity contribution in [3.05, 3.63) is 29.1 Å². The number of anilines is 1. The van der Waals surface area contributed by atoms with Crippen molar-refractivity contribution in [1.29, 1.82) is 0 Å². The Hall–Kier alpha value is -1.76. The Morgan fingerprint density at radius 3 is 2.47 bits per heavy atom. The first-order chi connectivity index (χ1) is 9.08. The number of nitrogens with zero attached hydrogens (tertiary/aromatic N) is 2. The number of carboxylic acids is 1. The minimum atomic E-state index is -0.952. The Labute approximate surface area is 118 Å². The maximum atomic E-state index is 12.1. The highest BCUT2D eigenvalue weighted by Gasteiger charge is 2.34. The van der Waals surface area contributed by atoms with Gasteiger partial charge in [0.1, 0.15) is 4.60 Å². The summed E-state index contributed by atoms with van der Waals surface area (Å²) in [6.45, 7) is 0. The lowest BCUT2D eigenvalue weighted by Gasteiger charge is -2.23. The zero-order valence-electron chi connectivity index (χ0n) is 9.91. The van der Waals surface area contributed by atoms with E-state index in [1.54, 1.807) is 6.08 Å².